The third kappa shape index (κ3) is 1.40. The van der Waals surface area contributed by atoms with Crippen molar-refractivity contribution in [2.45, 2.75) is 6.54 Å². The fourth-order valence-electron chi connectivity index (χ4n) is 1.79. The first kappa shape index (κ1) is 9.91. The van der Waals surface area contributed by atoms with Gasteiger partial charge in [-0.2, -0.15) is 14.6 Å². The second-order valence-electron chi connectivity index (χ2n) is 3.57. The minimum absolute atomic E-state index is 0.0790. The third-order valence-corrected chi connectivity index (χ3v) is 2.59. The SMILES string of the molecule is O=c1c2cnc3ncnn3c2ccn1CCO. The van der Waals surface area contributed by atoms with Crippen molar-refractivity contribution in [2.24, 2.45) is 0 Å². The number of pyridine rings is 1. The van der Waals surface area contributed by atoms with E-state index in [0.29, 0.717) is 16.7 Å². The molecule has 0 amide bonds. The fourth-order valence-corrected chi connectivity index (χ4v) is 1.79. The maximum absolute atomic E-state index is 12.0. The summed E-state index contributed by atoms with van der Waals surface area (Å²) in [7, 11) is 0. The summed E-state index contributed by atoms with van der Waals surface area (Å²) in [5.41, 5.74) is 0.466. The highest BCUT2D eigenvalue weighted by atomic mass is 16.3. The maximum Gasteiger partial charge on any atom is 0.261 e. The van der Waals surface area contributed by atoms with Gasteiger partial charge in [0.15, 0.2) is 0 Å². The molecule has 0 radical (unpaired) electrons. The number of rotatable bonds is 2. The zero-order valence-electron chi connectivity index (χ0n) is 8.82. The average molecular weight is 231 g/mol. The van der Waals surface area contributed by atoms with E-state index in [2.05, 4.69) is 15.1 Å². The van der Waals surface area contributed by atoms with Crippen LogP contribution in [0.3, 0.4) is 0 Å². The lowest BCUT2D eigenvalue weighted by Gasteiger charge is -2.05. The minimum atomic E-state index is -0.193. The fraction of sp³-hybridized carbons (Fsp3) is 0.200. The Bertz CT molecular complexity index is 745. The lowest BCUT2D eigenvalue weighted by Crippen LogP contribution is -2.21. The summed E-state index contributed by atoms with van der Waals surface area (Å²) >= 11 is 0. The topological polar surface area (TPSA) is 85.3 Å². The van der Waals surface area contributed by atoms with E-state index in [4.69, 9.17) is 5.11 Å². The van der Waals surface area contributed by atoms with Crippen molar-refractivity contribution in [3.05, 3.63) is 35.1 Å². The number of nitrogens with zero attached hydrogens (tertiary/aromatic N) is 5. The van der Waals surface area contributed by atoms with Gasteiger partial charge < -0.3 is 9.67 Å². The summed E-state index contributed by atoms with van der Waals surface area (Å²) in [6.45, 7) is 0.189. The maximum atomic E-state index is 12.0. The molecule has 0 spiro atoms. The molecule has 0 unspecified atom stereocenters. The van der Waals surface area contributed by atoms with Crippen LogP contribution in [0.1, 0.15) is 0 Å². The number of fused-ring (bicyclic) bond motifs is 3. The van der Waals surface area contributed by atoms with Gasteiger partial charge in [-0.3, -0.25) is 4.79 Å². The van der Waals surface area contributed by atoms with Crippen LogP contribution < -0.4 is 5.56 Å². The highest BCUT2D eigenvalue weighted by Crippen LogP contribution is 2.08. The standard InChI is InChI=1S/C10H9N5O2/c16-4-3-14-2-1-8-7(9(14)17)5-11-10-12-6-13-15(8)10/h1-2,5-6,16H,3-4H2. The summed E-state index contributed by atoms with van der Waals surface area (Å²) in [5, 5.41) is 13.3. The van der Waals surface area contributed by atoms with Gasteiger partial charge in [0, 0.05) is 18.9 Å². The lowest BCUT2D eigenvalue weighted by molar-refractivity contribution is 0.274. The van der Waals surface area contributed by atoms with E-state index >= 15 is 0 Å². The first-order chi connectivity index (χ1) is 8.31. The van der Waals surface area contributed by atoms with Gasteiger partial charge in [-0.1, -0.05) is 0 Å². The molecule has 0 aliphatic carbocycles. The van der Waals surface area contributed by atoms with Gasteiger partial charge >= 0.3 is 0 Å². The largest absolute Gasteiger partial charge is 0.395 e. The molecule has 0 bridgehead atoms. The van der Waals surface area contributed by atoms with Gasteiger partial charge in [-0.05, 0) is 6.07 Å². The molecular formula is C10H9N5O2. The van der Waals surface area contributed by atoms with Crippen LogP contribution in [0.2, 0.25) is 0 Å². The molecule has 3 aromatic rings. The monoisotopic (exact) mass is 231 g/mol. The Kier molecular flexibility index (Phi) is 2.12. The van der Waals surface area contributed by atoms with Gasteiger partial charge in [-0.25, -0.2) is 4.98 Å². The smallest absolute Gasteiger partial charge is 0.261 e. The Morgan fingerprint density at radius 3 is 3.06 bits per heavy atom. The van der Waals surface area contributed by atoms with Gasteiger partial charge in [-0.15, -0.1) is 0 Å². The van der Waals surface area contributed by atoms with Crippen molar-refractivity contribution in [3.63, 3.8) is 0 Å². The van der Waals surface area contributed by atoms with Crippen LogP contribution in [0, 0.1) is 0 Å². The van der Waals surface area contributed by atoms with Crippen molar-refractivity contribution in [1.29, 1.82) is 0 Å². The molecule has 7 heteroatoms. The quantitative estimate of drug-likeness (QED) is 0.638. The second-order valence-corrected chi connectivity index (χ2v) is 3.57. The molecule has 0 atom stereocenters. The second kappa shape index (κ2) is 3.63. The molecule has 0 saturated carbocycles. The lowest BCUT2D eigenvalue weighted by atomic mass is 10.3. The first-order valence-electron chi connectivity index (χ1n) is 5.10. The molecule has 17 heavy (non-hydrogen) atoms. The highest BCUT2D eigenvalue weighted by Gasteiger charge is 2.07. The summed E-state index contributed by atoms with van der Waals surface area (Å²) in [6.07, 6.45) is 4.50. The van der Waals surface area contributed by atoms with E-state index in [1.54, 1.807) is 12.3 Å². The van der Waals surface area contributed by atoms with Gasteiger partial charge in [0.05, 0.1) is 17.5 Å². The van der Waals surface area contributed by atoms with Crippen LogP contribution >= 0.6 is 0 Å². The predicted octanol–water partition coefficient (Wildman–Crippen LogP) is -0.569. The van der Waals surface area contributed by atoms with E-state index in [-0.39, 0.29) is 18.7 Å². The van der Waals surface area contributed by atoms with E-state index in [1.165, 1.54) is 21.6 Å². The minimum Gasteiger partial charge on any atom is -0.395 e. The molecule has 0 aromatic carbocycles. The molecule has 86 valence electrons. The molecule has 3 heterocycles. The van der Waals surface area contributed by atoms with E-state index in [1.807, 2.05) is 0 Å². The number of hydrogen-bond donors (Lipinski definition) is 1. The summed E-state index contributed by atoms with van der Waals surface area (Å²) in [5.74, 6) is 0.455. The van der Waals surface area contributed by atoms with Crippen molar-refractivity contribution in [1.82, 2.24) is 24.1 Å². The summed E-state index contributed by atoms with van der Waals surface area (Å²) in [6, 6.07) is 1.76. The van der Waals surface area contributed by atoms with Crippen molar-refractivity contribution >= 4 is 16.7 Å². The molecule has 0 aliphatic rings. The van der Waals surface area contributed by atoms with Gasteiger partial charge in [0.2, 0.25) is 0 Å². The Morgan fingerprint density at radius 1 is 1.35 bits per heavy atom. The molecule has 3 rings (SSSR count). The Hall–Kier alpha value is -2.28. The number of aromatic nitrogens is 5. The van der Waals surface area contributed by atoms with E-state index in [0.717, 1.165) is 0 Å². The first-order valence-corrected chi connectivity index (χ1v) is 5.10. The Balaban J connectivity index is 2.40. The number of aliphatic hydroxyl groups is 1. The normalized spacial score (nSPS) is 11.4. The summed E-state index contributed by atoms with van der Waals surface area (Å²) in [4.78, 5) is 20.0. The molecular weight excluding hydrogens is 222 g/mol. The predicted molar refractivity (Wildman–Crippen MR) is 59.6 cm³/mol. The molecule has 0 fully saturated rings. The zero-order valence-corrected chi connectivity index (χ0v) is 8.82. The zero-order chi connectivity index (χ0) is 11.8. The van der Waals surface area contributed by atoms with Crippen molar-refractivity contribution in [2.75, 3.05) is 6.61 Å². The molecule has 0 saturated heterocycles. The van der Waals surface area contributed by atoms with Gasteiger partial charge in [0.25, 0.3) is 11.3 Å². The third-order valence-electron chi connectivity index (χ3n) is 2.59. The molecule has 1 N–H and O–H groups in total. The highest BCUT2D eigenvalue weighted by molar-refractivity contribution is 5.78. The van der Waals surface area contributed by atoms with Crippen LogP contribution in [0.5, 0.6) is 0 Å². The van der Waals surface area contributed by atoms with Crippen LogP contribution in [0.25, 0.3) is 16.7 Å². The van der Waals surface area contributed by atoms with Crippen LogP contribution in [-0.4, -0.2) is 35.9 Å². The number of hydrogen-bond acceptors (Lipinski definition) is 5. The van der Waals surface area contributed by atoms with Crippen molar-refractivity contribution < 1.29 is 5.11 Å². The van der Waals surface area contributed by atoms with Crippen molar-refractivity contribution in [3.8, 4) is 0 Å². The Labute approximate surface area is 95.0 Å². The van der Waals surface area contributed by atoms with Crippen LogP contribution in [0.4, 0.5) is 0 Å². The van der Waals surface area contributed by atoms with Gasteiger partial charge in [0.1, 0.15) is 6.33 Å². The van der Waals surface area contributed by atoms with E-state index in [9.17, 15) is 4.79 Å². The molecule has 7 nitrogen and oxygen atoms in total. The molecule has 3 aromatic heterocycles. The Morgan fingerprint density at radius 2 is 2.24 bits per heavy atom. The van der Waals surface area contributed by atoms with E-state index < -0.39 is 0 Å². The summed E-state index contributed by atoms with van der Waals surface area (Å²) < 4.78 is 2.95. The average Bonchev–Trinajstić information content (AvgIpc) is 2.81. The van der Waals surface area contributed by atoms with Crippen LogP contribution in [-0.2, 0) is 6.54 Å². The van der Waals surface area contributed by atoms with Crippen LogP contribution in [0.15, 0.2) is 29.6 Å². The molecule has 0 aliphatic heterocycles. The number of aliphatic hydroxyl groups excluding tert-OH is 1.